The molecule has 8 heteroatoms. The minimum atomic E-state index is -3.73. The summed E-state index contributed by atoms with van der Waals surface area (Å²) in [5, 5.41) is 9.32. The first-order chi connectivity index (χ1) is 9.96. The highest BCUT2D eigenvalue weighted by Crippen LogP contribution is 2.29. The Balaban J connectivity index is 2.34. The number of anilines is 1. The molecule has 6 nitrogen and oxygen atoms in total. The maximum absolute atomic E-state index is 12.8. The summed E-state index contributed by atoms with van der Waals surface area (Å²) in [5.41, 5.74) is 5.52. The SMILES string of the molecule is Nc1ncc(S(=O)(=O)N(CCO)C2CCCCC2)cc1Cl. The number of pyridine rings is 1. The number of nitrogens with zero attached hydrogens (tertiary/aromatic N) is 2. The van der Waals surface area contributed by atoms with E-state index < -0.39 is 10.0 Å². The van der Waals surface area contributed by atoms with Gasteiger partial charge >= 0.3 is 0 Å². The molecule has 1 saturated carbocycles. The zero-order valence-corrected chi connectivity index (χ0v) is 13.3. The maximum Gasteiger partial charge on any atom is 0.244 e. The van der Waals surface area contributed by atoms with E-state index in [0.717, 1.165) is 32.1 Å². The summed E-state index contributed by atoms with van der Waals surface area (Å²) >= 11 is 5.87. The van der Waals surface area contributed by atoms with Crippen molar-refractivity contribution >= 4 is 27.4 Å². The van der Waals surface area contributed by atoms with Crippen molar-refractivity contribution < 1.29 is 13.5 Å². The highest BCUT2D eigenvalue weighted by molar-refractivity contribution is 7.89. The van der Waals surface area contributed by atoms with Gasteiger partial charge in [0.15, 0.2) is 0 Å². The molecule has 1 aliphatic rings. The molecule has 1 heterocycles. The van der Waals surface area contributed by atoms with Crippen LogP contribution in [0.4, 0.5) is 5.82 Å². The van der Waals surface area contributed by atoms with E-state index >= 15 is 0 Å². The van der Waals surface area contributed by atoms with Crippen molar-refractivity contribution in [3.8, 4) is 0 Å². The van der Waals surface area contributed by atoms with Crippen LogP contribution in [0.15, 0.2) is 17.2 Å². The van der Waals surface area contributed by atoms with Crippen LogP contribution < -0.4 is 5.73 Å². The number of aromatic nitrogens is 1. The van der Waals surface area contributed by atoms with Gasteiger partial charge in [-0.05, 0) is 18.9 Å². The van der Waals surface area contributed by atoms with Gasteiger partial charge in [-0.15, -0.1) is 0 Å². The molecule has 1 aromatic rings. The Morgan fingerprint density at radius 2 is 2.05 bits per heavy atom. The molecule has 0 saturated heterocycles. The fourth-order valence-electron chi connectivity index (χ4n) is 2.67. The molecule has 0 radical (unpaired) electrons. The molecule has 0 aromatic carbocycles. The molecule has 0 atom stereocenters. The van der Waals surface area contributed by atoms with Crippen molar-refractivity contribution in [3.63, 3.8) is 0 Å². The minimum Gasteiger partial charge on any atom is -0.395 e. The Labute approximate surface area is 130 Å². The van der Waals surface area contributed by atoms with Crippen molar-refractivity contribution in [2.24, 2.45) is 0 Å². The molecular weight excluding hydrogens is 314 g/mol. The van der Waals surface area contributed by atoms with Crippen LogP contribution in [0.3, 0.4) is 0 Å². The van der Waals surface area contributed by atoms with Gasteiger partial charge in [0, 0.05) is 18.8 Å². The van der Waals surface area contributed by atoms with Crippen LogP contribution in [0, 0.1) is 0 Å². The summed E-state index contributed by atoms with van der Waals surface area (Å²) in [4.78, 5) is 3.82. The van der Waals surface area contributed by atoms with Crippen molar-refractivity contribution in [1.29, 1.82) is 0 Å². The standard InChI is InChI=1S/C13H20ClN3O3S/c14-12-8-11(9-16-13(12)15)21(19,20)17(6-7-18)10-4-2-1-3-5-10/h8-10,18H,1-7H2,(H2,15,16). The summed E-state index contributed by atoms with van der Waals surface area (Å²) in [6.45, 7) is -0.138. The summed E-state index contributed by atoms with van der Waals surface area (Å²) in [5.74, 6) is 0.0991. The van der Waals surface area contributed by atoms with Crippen LogP contribution in [0.5, 0.6) is 0 Å². The topological polar surface area (TPSA) is 96.5 Å². The summed E-state index contributed by atoms with van der Waals surface area (Å²) in [7, 11) is -3.73. The Bertz CT molecular complexity index is 588. The molecule has 0 amide bonds. The van der Waals surface area contributed by atoms with E-state index in [1.54, 1.807) is 0 Å². The molecule has 0 unspecified atom stereocenters. The van der Waals surface area contributed by atoms with Gasteiger partial charge in [0.1, 0.15) is 10.7 Å². The van der Waals surface area contributed by atoms with Gasteiger partial charge in [0.2, 0.25) is 10.0 Å². The van der Waals surface area contributed by atoms with Crippen LogP contribution in [0.2, 0.25) is 5.02 Å². The second-order valence-electron chi connectivity index (χ2n) is 5.17. The molecule has 0 spiro atoms. The number of rotatable bonds is 5. The number of aliphatic hydroxyl groups is 1. The lowest BCUT2D eigenvalue weighted by Crippen LogP contribution is -2.43. The van der Waals surface area contributed by atoms with Crippen LogP contribution in [-0.4, -0.2) is 42.0 Å². The number of aliphatic hydroxyl groups excluding tert-OH is 1. The molecule has 0 bridgehead atoms. The third kappa shape index (κ3) is 3.66. The Morgan fingerprint density at radius 3 is 2.62 bits per heavy atom. The summed E-state index contributed by atoms with van der Waals surface area (Å²) in [6.07, 6.45) is 5.97. The zero-order chi connectivity index (χ0) is 15.5. The molecule has 1 aliphatic carbocycles. The average molecular weight is 334 g/mol. The van der Waals surface area contributed by atoms with Crippen LogP contribution in [0.1, 0.15) is 32.1 Å². The van der Waals surface area contributed by atoms with E-state index in [9.17, 15) is 13.5 Å². The van der Waals surface area contributed by atoms with Gasteiger partial charge in [-0.1, -0.05) is 30.9 Å². The quantitative estimate of drug-likeness (QED) is 0.853. The smallest absolute Gasteiger partial charge is 0.244 e. The van der Waals surface area contributed by atoms with Crippen LogP contribution >= 0.6 is 11.6 Å². The number of sulfonamides is 1. The first-order valence-electron chi connectivity index (χ1n) is 7.00. The van der Waals surface area contributed by atoms with Crippen LogP contribution in [-0.2, 0) is 10.0 Å². The third-order valence-corrected chi connectivity index (χ3v) is 5.97. The molecule has 1 fully saturated rings. The monoisotopic (exact) mass is 333 g/mol. The van der Waals surface area contributed by atoms with Crippen LogP contribution in [0.25, 0.3) is 0 Å². The Hall–Kier alpha value is -0.890. The highest BCUT2D eigenvalue weighted by atomic mass is 35.5. The van der Waals surface area contributed by atoms with Crippen molar-refractivity contribution in [2.45, 2.75) is 43.0 Å². The van der Waals surface area contributed by atoms with Gasteiger partial charge in [-0.3, -0.25) is 0 Å². The Morgan fingerprint density at radius 1 is 1.38 bits per heavy atom. The molecule has 0 aliphatic heterocycles. The lowest BCUT2D eigenvalue weighted by atomic mass is 9.95. The molecule has 1 aromatic heterocycles. The second kappa shape index (κ2) is 6.91. The second-order valence-corrected chi connectivity index (χ2v) is 7.47. The fraction of sp³-hybridized carbons (Fsp3) is 0.615. The number of hydrogen-bond acceptors (Lipinski definition) is 5. The number of halogens is 1. The maximum atomic E-state index is 12.8. The fourth-order valence-corrected chi connectivity index (χ4v) is 4.55. The zero-order valence-electron chi connectivity index (χ0n) is 11.7. The molecule has 2 rings (SSSR count). The van der Waals surface area contributed by atoms with Gasteiger partial charge in [-0.2, -0.15) is 4.31 Å². The first kappa shape index (κ1) is 16.5. The van der Waals surface area contributed by atoms with Gasteiger partial charge in [-0.25, -0.2) is 13.4 Å². The summed E-state index contributed by atoms with van der Waals surface area (Å²) in [6, 6.07) is 1.24. The van der Waals surface area contributed by atoms with E-state index in [0.29, 0.717) is 0 Å². The molecule has 3 N–H and O–H groups in total. The molecule has 21 heavy (non-hydrogen) atoms. The van der Waals surface area contributed by atoms with E-state index in [1.165, 1.54) is 16.6 Å². The predicted molar refractivity (Wildman–Crippen MR) is 81.5 cm³/mol. The normalized spacial score (nSPS) is 17.3. The number of hydrogen-bond donors (Lipinski definition) is 2. The van der Waals surface area contributed by atoms with Crippen molar-refractivity contribution in [2.75, 3.05) is 18.9 Å². The van der Waals surface area contributed by atoms with E-state index in [-0.39, 0.29) is 34.9 Å². The minimum absolute atomic E-state index is 0.0146. The van der Waals surface area contributed by atoms with E-state index in [1.807, 2.05) is 0 Å². The van der Waals surface area contributed by atoms with Gasteiger partial charge < -0.3 is 10.8 Å². The largest absolute Gasteiger partial charge is 0.395 e. The van der Waals surface area contributed by atoms with Gasteiger partial charge in [0.25, 0.3) is 0 Å². The number of nitrogens with two attached hydrogens (primary N) is 1. The predicted octanol–water partition coefficient (Wildman–Crippen LogP) is 1.63. The first-order valence-corrected chi connectivity index (χ1v) is 8.82. The number of nitrogen functional groups attached to an aromatic ring is 1. The van der Waals surface area contributed by atoms with Crippen molar-refractivity contribution in [3.05, 3.63) is 17.3 Å². The average Bonchev–Trinajstić information content (AvgIpc) is 2.48. The lowest BCUT2D eigenvalue weighted by molar-refractivity contribution is 0.199. The Kier molecular flexibility index (Phi) is 5.43. The third-order valence-electron chi connectivity index (χ3n) is 3.75. The molecule has 118 valence electrons. The summed E-state index contributed by atoms with van der Waals surface area (Å²) < 4.78 is 26.9. The van der Waals surface area contributed by atoms with Crippen molar-refractivity contribution in [1.82, 2.24) is 9.29 Å². The van der Waals surface area contributed by atoms with E-state index in [4.69, 9.17) is 17.3 Å². The van der Waals surface area contributed by atoms with E-state index in [2.05, 4.69) is 4.98 Å². The lowest BCUT2D eigenvalue weighted by Gasteiger charge is -2.33. The molecular formula is C13H20ClN3O3S. The van der Waals surface area contributed by atoms with Gasteiger partial charge in [0.05, 0.1) is 11.6 Å². The highest BCUT2D eigenvalue weighted by Gasteiger charge is 2.32.